The summed E-state index contributed by atoms with van der Waals surface area (Å²) < 4.78 is 47.0. The zero-order valence-corrected chi connectivity index (χ0v) is 64.6. The van der Waals surface area contributed by atoms with E-state index in [0.29, 0.717) is 52.9 Å². The van der Waals surface area contributed by atoms with Gasteiger partial charge in [0.1, 0.15) is 40.2 Å². The van der Waals surface area contributed by atoms with E-state index in [1.165, 1.54) is 77.0 Å². The summed E-state index contributed by atoms with van der Waals surface area (Å²) >= 11 is 0. The SMILES string of the molecule is CCCCCCOc1cc(OCCCCCC)cc(C2=c3ccc([nH]3)=C(c3ccc(OCCCCCCCCCCCCO)cc3)c3ccc([nH]3)C(c3cc(OCCCCCC)cc(OCCCCCC)c3)=c3ccc([nH]3)=C(c3cc(OCCCCCC)cc(OCCCCCC)c3)c3ccc2[nH]3)c1. The molecule has 1 aliphatic heterocycles. The third kappa shape index (κ3) is 25.7. The Bertz CT molecular complexity index is 3900. The molecular formula is C92H128N4O8. The maximum Gasteiger partial charge on any atom is 0.123 e. The number of hydrogen-bond acceptors (Lipinski definition) is 8. The lowest BCUT2D eigenvalue weighted by Gasteiger charge is -2.15. The van der Waals surface area contributed by atoms with Gasteiger partial charge in [-0.25, -0.2) is 0 Å². The van der Waals surface area contributed by atoms with Gasteiger partial charge in [-0.2, -0.15) is 0 Å². The summed E-state index contributed by atoms with van der Waals surface area (Å²) in [5, 5.41) is 12.9. The van der Waals surface area contributed by atoms with E-state index in [9.17, 15) is 0 Å². The molecule has 1 aliphatic rings. The van der Waals surface area contributed by atoms with Crippen LogP contribution in [-0.4, -0.2) is 77.9 Å². The number of aromatic amines is 4. The van der Waals surface area contributed by atoms with Gasteiger partial charge in [-0.3, -0.25) is 0 Å². The average Bonchev–Trinajstić information content (AvgIpc) is 1.58. The summed E-state index contributed by atoms with van der Waals surface area (Å²) in [5.41, 5.74) is 11.6. The quantitative estimate of drug-likeness (QED) is 0.0237. The van der Waals surface area contributed by atoms with Crippen molar-refractivity contribution >= 4 is 22.3 Å². The Morgan fingerprint density at radius 2 is 0.433 bits per heavy atom. The van der Waals surface area contributed by atoms with E-state index < -0.39 is 0 Å². The number of benzene rings is 4. The van der Waals surface area contributed by atoms with Crippen LogP contribution < -0.4 is 54.6 Å². The van der Waals surface area contributed by atoms with Gasteiger partial charge in [-0.1, -0.05) is 221 Å². The molecule has 5 heterocycles. The monoisotopic (exact) mass is 1420 g/mol. The normalized spacial score (nSPS) is 12.2. The Morgan fingerprint density at radius 3 is 0.683 bits per heavy atom. The highest BCUT2D eigenvalue weighted by atomic mass is 16.5. The molecule has 4 aromatic heterocycles. The van der Waals surface area contributed by atoms with Crippen LogP contribution in [0.3, 0.4) is 0 Å². The molecule has 0 aliphatic carbocycles. The van der Waals surface area contributed by atoms with Crippen LogP contribution in [0.2, 0.25) is 0 Å². The van der Waals surface area contributed by atoms with Crippen molar-refractivity contribution in [2.24, 2.45) is 0 Å². The minimum Gasteiger partial charge on any atom is -0.494 e. The summed E-state index contributed by atoms with van der Waals surface area (Å²) in [6.07, 6.45) is 38.4. The first-order valence-electron chi connectivity index (χ1n) is 41.2. The fourth-order valence-electron chi connectivity index (χ4n) is 14.1. The zero-order chi connectivity index (χ0) is 72.6. The largest absolute Gasteiger partial charge is 0.494 e. The van der Waals surface area contributed by atoms with E-state index in [-0.39, 0.29) is 0 Å². The fraction of sp³-hybridized carbons (Fsp3) is 0.522. The first-order valence-corrected chi connectivity index (χ1v) is 41.2. The van der Waals surface area contributed by atoms with Crippen LogP contribution in [0.25, 0.3) is 22.3 Å². The molecule has 8 aromatic rings. The van der Waals surface area contributed by atoms with Crippen LogP contribution in [0.4, 0.5) is 0 Å². The zero-order valence-electron chi connectivity index (χ0n) is 64.6. The number of unbranched alkanes of at least 4 members (excludes halogenated alkanes) is 27. The summed E-state index contributed by atoms with van der Waals surface area (Å²) in [6, 6.07) is 45.9. The van der Waals surface area contributed by atoms with Gasteiger partial charge < -0.3 is 58.2 Å². The molecule has 0 saturated carbocycles. The third-order valence-corrected chi connectivity index (χ3v) is 20.0. The second kappa shape index (κ2) is 46.1. The lowest BCUT2D eigenvalue weighted by molar-refractivity contribution is 0.282. The molecule has 12 nitrogen and oxygen atoms in total. The van der Waals surface area contributed by atoms with Gasteiger partial charge in [0.15, 0.2) is 0 Å². The van der Waals surface area contributed by atoms with Crippen molar-refractivity contribution in [3.8, 4) is 40.2 Å². The number of aliphatic hydroxyl groups excluding tert-OH is 1. The number of fused-ring (bicyclic) bond motifs is 8. The molecule has 12 heteroatoms. The summed E-state index contributed by atoms with van der Waals surface area (Å²) in [7, 11) is 0. The third-order valence-electron chi connectivity index (χ3n) is 20.0. The number of rotatable bonds is 53. The lowest BCUT2D eigenvalue weighted by atomic mass is 10.0. The Hall–Kier alpha value is -7.96. The van der Waals surface area contributed by atoms with Crippen LogP contribution in [0.15, 0.2) is 127 Å². The first kappa shape index (κ1) is 80.1. The number of H-pyrrole nitrogens is 4. The van der Waals surface area contributed by atoms with Gasteiger partial charge in [0.2, 0.25) is 0 Å². The smallest absolute Gasteiger partial charge is 0.123 e. The molecule has 0 fully saturated rings. The van der Waals surface area contributed by atoms with Crippen molar-refractivity contribution in [3.05, 3.63) is 194 Å². The minimum absolute atomic E-state index is 0.304. The average molecular weight is 1420 g/mol. The van der Waals surface area contributed by atoms with E-state index in [1.54, 1.807) is 0 Å². The van der Waals surface area contributed by atoms with Crippen LogP contribution in [0.1, 0.15) is 305 Å². The number of aliphatic hydroxyl groups is 1. The molecule has 564 valence electrons. The van der Waals surface area contributed by atoms with Crippen molar-refractivity contribution < 1.29 is 38.3 Å². The number of ether oxygens (including phenoxy) is 7. The van der Waals surface area contributed by atoms with Crippen molar-refractivity contribution in [1.82, 2.24) is 19.9 Å². The van der Waals surface area contributed by atoms with Crippen molar-refractivity contribution in [2.75, 3.05) is 52.9 Å². The van der Waals surface area contributed by atoms with Gasteiger partial charge in [-0.05, 0) is 171 Å². The number of hydrogen-bond donors (Lipinski definition) is 5. The van der Waals surface area contributed by atoms with Gasteiger partial charge >= 0.3 is 0 Å². The molecule has 0 unspecified atom stereocenters. The Balaban J connectivity index is 1.26. The molecule has 8 bridgehead atoms. The standard InChI is InChI=1S/C92H128N4O8/c1-7-13-19-34-55-99-75-61-71(62-76(67-75)100-56-35-20-14-8-2)90-83-47-45-81(93-83)89(70-41-43-74(44-42-70)98-54-40-32-30-28-26-25-27-29-31-33-53-97)82-46-48-84(94-82)91(72-63-77(101-57-36-21-15-9-3)68-78(64-72)102-58-37-22-16-10-4)86-50-52-88(96-86)92(87-51-49-85(90)95-87)73-65-79(103-59-38-23-17-11-5)69-80(66-73)104-60-39-24-18-12-6/h41-52,61-69,93-97H,7-40,53-60H2,1-6H3. The molecule has 5 N–H and O–H groups in total. The van der Waals surface area contributed by atoms with E-state index >= 15 is 0 Å². The van der Waals surface area contributed by atoms with Gasteiger partial charge in [0.05, 0.1) is 46.2 Å². The molecule has 0 spiro atoms. The van der Waals surface area contributed by atoms with Crippen LogP contribution in [-0.2, 0) is 0 Å². The summed E-state index contributed by atoms with van der Waals surface area (Å²) in [4.78, 5) is 16.4. The lowest BCUT2D eigenvalue weighted by Crippen LogP contribution is -2.19. The fourth-order valence-corrected chi connectivity index (χ4v) is 14.1. The van der Waals surface area contributed by atoms with Crippen molar-refractivity contribution in [1.29, 1.82) is 0 Å². The molecule has 0 radical (unpaired) electrons. The minimum atomic E-state index is 0.304. The molecule has 0 amide bonds. The van der Waals surface area contributed by atoms with Gasteiger partial charge in [0.25, 0.3) is 0 Å². The van der Waals surface area contributed by atoms with Crippen molar-refractivity contribution in [2.45, 2.75) is 260 Å². The molecule has 0 saturated heterocycles. The molecular weight excluding hydrogens is 1290 g/mol. The maximum atomic E-state index is 9.15. The highest BCUT2D eigenvalue weighted by Gasteiger charge is 2.22. The summed E-state index contributed by atoms with van der Waals surface area (Å²) in [6.45, 7) is 18.2. The topological polar surface area (TPSA) is 148 Å². The maximum absolute atomic E-state index is 9.15. The first-order chi connectivity index (χ1) is 51.3. The highest BCUT2D eigenvalue weighted by molar-refractivity contribution is 5.86. The van der Waals surface area contributed by atoms with Crippen LogP contribution in [0, 0.1) is 0 Å². The second-order valence-corrected chi connectivity index (χ2v) is 28.8. The Morgan fingerprint density at radius 1 is 0.212 bits per heavy atom. The predicted octanol–water partition coefficient (Wildman–Crippen LogP) is 21.3. The second-order valence-electron chi connectivity index (χ2n) is 28.8. The van der Waals surface area contributed by atoms with Crippen LogP contribution >= 0.6 is 0 Å². The molecule has 4 aromatic carbocycles. The number of nitrogens with one attached hydrogen (secondary N) is 4. The highest BCUT2D eigenvalue weighted by Crippen LogP contribution is 2.36. The van der Waals surface area contributed by atoms with E-state index in [0.717, 1.165) is 270 Å². The number of aromatic nitrogens is 4. The molecule has 104 heavy (non-hydrogen) atoms. The Kier molecular flexibility index (Phi) is 35.5. The van der Waals surface area contributed by atoms with Gasteiger partial charge in [0, 0.05) is 91.3 Å². The van der Waals surface area contributed by atoms with E-state index in [2.05, 4.69) is 189 Å². The van der Waals surface area contributed by atoms with E-state index in [1.807, 2.05) is 0 Å². The predicted molar refractivity (Wildman–Crippen MR) is 430 cm³/mol. The van der Waals surface area contributed by atoms with Crippen LogP contribution in [0.5, 0.6) is 40.2 Å². The summed E-state index contributed by atoms with van der Waals surface area (Å²) in [5.74, 6) is 5.56. The molecule has 9 rings (SSSR count). The van der Waals surface area contributed by atoms with Crippen molar-refractivity contribution in [3.63, 3.8) is 0 Å². The Labute approximate surface area is 623 Å². The van der Waals surface area contributed by atoms with E-state index in [4.69, 9.17) is 38.3 Å². The van der Waals surface area contributed by atoms with Gasteiger partial charge in [-0.15, -0.1) is 0 Å². The molecule has 0 atom stereocenters.